The molecule has 1 saturated carbocycles. The van der Waals surface area contributed by atoms with Gasteiger partial charge in [-0.3, -0.25) is 4.79 Å². The highest BCUT2D eigenvalue weighted by Gasteiger charge is 2.29. The first-order valence-electron chi connectivity index (χ1n) is 6.31. The summed E-state index contributed by atoms with van der Waals surface area (Å²) in [7, 11) is 0. The van der Waals surface area contributed by atoms with Crippen molar-refractivity contribution in [3.8, 4) is 0 Å². The van der Waals surface area contributed by atoms with E-state index in [1.807, 2.05) is 0 Å². The number of nitrogens with two attached hydrogens (primary N) is 1. The summed E-state index contributed by atoms with van der Waals surface area (Å²) in [5.74, 6) is 1.10. The predicted octanol–water partition coefficient (Wildman–Crippen LogP) is 1.52. The molecule has 2 N–H and O–H groups in total. The summed E-state index contributed by atoms with van der Waals surface area (Å²) in [5, 5.41) is 0. The molecule has 1 heterocycles. The van der Waals surface area contributed by atoms with E-state index in [0.29, 0.717) is 17.9 Å². The summed E-state index contributed by atoms with van der Waals surface area (Å²) < 4.78 is 0. The highest BCUT2D eigenvalue weighted by Crippen LogP contribution is 2.28. The number of carbonyl (C=O) groups excluding carboxylic acids is 1. The smallest absolute Gasteiger partial charge is 0.222 e. The van der Waals surface area contributed by atoms with E-state index in [9.17, 15) is 4.79 Å². The Labute approximate surface area is 92.0 Å². The fourth-order valence-electron chi connectivity index (χ4n) is 2.91. The van der Waals surface area contributed by atoms with Crippen LogP contribution in [0.1, 0.15) is 44.9 Å². The molecule has 2 rings (SSSR count). The maximum atomic E-state index is 11.7. The molecule has 1 aliphatic carbocycles. The van der Waals surface area contributed by atoms with Gasteiger partial charge in [-0.2, -0.15) is 0 Å². The molecule has 15 heavy (non-hydrogen) atoms. The maximum absolute atomic E-state index is 11.7. The molecule has 1 aliphatic heterocycles. The predicted molar refractivity (Wildman–Crippen MR) is 60.4 cm³/mol. The van der Waals surface area contributed by atoms with Crippen molar-refractivity contribution in [2.75, 3.05) is 13.1 Å². The summed E-state index contributed by atoms with van der Waals surface area (Å²) in [6.07, 6.45) is 7.84. The van der Waals surface area contributed by atoms with Crippen LogP contribution in [0.3, 0.4) is 0 Å². The van der Waals surface area contributed by atoms with Crippen molar-refractivity contribution in [1.29, 1.82) is 0 Å². The van der Waals surface area contributed by atoms with E-state index in [2.05, 4.69) is 4.90 Å². The van der Waals surface area contributed by atoms with Gasteiger partial charge in [0.2, 0.25) is 5.91 Å². The van der Waals surface area contributed by atoms with Crippen molar-refractivity contribution in [3.63, 3.8) is 0 Å². The Kier molecular flexibility index (Phi) is 3.62. The van der Waals surface area contributed by atoms with Gasteiger partial charge in [0, 0.05) is 19.0 Å². The van der Waals surface area contributed by atoms with Crippen molar-refractivity contribution < 1.29 is 4.79 Å². The Hall–Kier alpha value is -0.570. The molecule has 3 nitrogen and oxygen atoms in total. The lowest BCUT2D eigenvalue weighted by molar-refractivity contribution is -0.136. The number of rotatable bonds is 2. The zero-order valence-electron chi connectivity index (χ0n) is 9.45. The maximum Gasteiger partial charge on any atom is 0.222 e. The average Bonchev–Trinajstić information content (AvgIpc) is 2.30. The topological polar surface area (TPSA) is 46.3 Å². The summed E-state index contributed by atoms with van der Waals surface area (Å²) in [4.78, 5) is 13.9. The second kappa shape index (κ2) is 4.97. The van der Waals surface area contributed by atoms with E-state index >= 15 is 0 Å². The van der Waals surface area contributed by atoms with Crippen LogP contribution in [0, 0.1) is 5.92 Å². The standard InChI is InChI=1S/C12H22N2O/c13-9-10-4-6-11(7-5-10)14-8-2-1-3-12(14)15/h10-11H,1-9,13H2. The number of likely N-dealkylation sites (tertiary alicyclic amines) is 1. The number of carbonyl (C=O) groups is 1. The van der Waals surface area contributed by atoms with Crippen molar-refractivity contribution in [1.82, 2.24) is 4.90 Å². The van der Waals surface area contributed by atoms with Crippen molar-refractivity contribution in [2.45, 2.75) is 51.0 Å². The van der Waals surface area contributed by atoms with Crippen LogP contribution in [0.2, 0.25) is 0 Å². The van der Waals surface area contributed by atoms with Crippen LogP contribution in [0.4, 0.5) is 0 Å². The molecule has 0 unspecified atom stereocenters. The molecule has 0 aromatic rings. The van der Waals surface area contributed by atoms with E-state index in [0.717, 1.165) is 25.9 Å². The van der Waals surface area contributed by atoms with Gasteiger partial charge in [-0.1, -0.05) is 0 Å². The molecular formula is C12H22N2O. The third-order valence-corrected chi connectivity index (χ3v) is 3.95. The van der Waals surface area contributed by atoms with Crippen molar-refractivity contribution in [3.05, 3.63) is 0 Å². The van der Waals surface area contributed by atoms with Gasteiger partial charge in [-0.05, 0) is 51.0 Å². The third-order valence-electron chi connectivity index (χ3n) is 3.95. The molecular weight excluding hydrogens is 188 g/mol. The van der Waals surface area contributed by atoms with Gasteiger partial charge >= 0.3 is 0 Å². The van der Waals surface area contributed by atoms with E-state index < -0.39 is 0 Å². The molecule has 3 heteroatoms. The van der Waals surface area contributed by atoms with Gasteiger partial charge in [-0.15, -0.1) is 0 Å². The molecule has 0 aromatic carbocycles. The zero-order chi connectivity index (χ0) is 10.7. The van der Waals surface area contributed by atoms with Crippen molar-refractivity contribution >= 4 is 5.91 Å². The van der Waals surface area contributed by atoms with Gasteiger partial charge in [0.1, 0.15) is 0 Å². The van der Waals surface area contributed by atoms with E-state index in [1.165, 1.54) is 32.1 Å². The number of hydrogen-bond donors (Lipinski definition) is 1. The zero-order valence-corrected chi connectivity index (χ0v) is 9.45. The summed E-state index contributed by atoms with van der Waals surface area (Å²) in [5.41, 5.74) is 5.67. The highest BCUT2D eigenvalue weighted by molar-refractivity contribution is 5.77. The SMILES string of the molecule is NCC1CCC(N2CCCCC2=O)CC1. The summed E-state index contributed by atoms with van der Waals surface area (Å²) in [6.45, 7) is 1.82. The number of amides is 1. The molecule has 86 valence electrons. The first-order chi connectivity index (χ1) is 7.31. The molecule has 1 amide bonds. The lowest BCUT2D eigenvalue weighted by atomic mass is 9.85. The Morgan fingerprint density at radius 1 is 1.20 bits per heavy atom. The van der Waals surface area contributed by atoms with Gasteiger partial charge in [-0.25, -0.2) is 0 Å². The number of nitrogens with zero attached hydrogens (tertiary/aromatic N) is 1. The largest absolute Gasteiger partial charge is 0.340 e. The minimum absolute atomic E-state index is 0.387. The third kappa shape index (κ3) is 2.51. The Balaban J connectivity index is 1.86. The Morgan fingerprint density at radius 2 is 1.93 bits per heavy atom. The molecule has 0 bridgehead atoms. The molecule has 2 fully saturated rings. The van der Waals surface area contributed by atoms with Crippen LogP contribution in [0.15, 0.2) is 0 Å². The Bertz CT molecular complexity index is 222. The second-order valence-corrected chi connectivity index (χ2v) is 4.95. The van der Waals surface area contributed by atoms with Crippen LogP contribution >= 0.6 is 0 Å². The van der Waals surface area contributed by atoms with Crippen LogP contribution in [-0.2, 0) is 4.79 Å². The van der Waals surface area contributed by atoms with Gasteiger partial charge in [0.05, 0.1) is 0 Å². The lowest BCUT2D eigenvalue weighted by Crippen LogP contribution is -2.45. The summed E-state index contributed by atoms with van der Waals surface area (Å²) >= 11 is 0. The van der Waals surface area contributed by atoms with E-state index in [-0.39, 0.29) is 0 Å². The Morgan fingerprint density at radius 3 is 2.53 bits per heavy atom. The first-order valence-corrected chi connectivity index (χ1v) is 6.31. The minimum atomic E-state index is 0.387. The van der Waals surface area contributed by atoms with E-state index in [1.54, 1.807) is 0 Å². The average molecular weight is 210 g/mol. The normalized spacial score (nSPS) is 33.1. The highest BCUT2D eigenvalue weighted by atomic mass is 16.2. The van der Waals surface area contributed by atoms with Gasteiger partial charge < -0.3 is 10.6 Å². The monoisotopic (exact) mass is 210 g/mol. The quantitative estimate of drug-likeness (QED) is 0.751. The minimum Gasteiger partial charge on any atom is -0.340 e. The van der Waals surface area contributed by atoms with Crippen LogP contribution < -0.4 is 5.73 Å². The number of piperidine rings is 1. The fraction of sp³-hybridized carbons (Fsp3) is 0.917. The molecule has 1 saturated heterocycles. The first kappa shape index (κ1) is 10.9. The molecule has 0 aromatic heterocycles. The van der Waals surface area contributed by atoms with Crippen molar-refractivity contribution in [2.24, 2.45) is 11.7 Å². The molecule has 0 radical (unpaired) electrons. The molecule has 0 spiro atoms. The molecule has 2 aliphatic rings. The number of hydrogen-bond acceptors (Lipinski definition) is 2. The van der Waals surface area contributed by atoms with Gasteiger partial charge in [0.15, 0.2) is 0 Å². The summed E-state index contributed by atoms with van der Waals surface area (Å²) in [6, 6.07) is 0.528. The van der Waals surface area contributed by atoms with E-state index in [4.69, 9.17) is 5.73 Å². The lowest BCUT2D eigenvalue weighted by Gasteiger charge is -2.38. The fourth-order valence-corrected chi connectivity index (χ4v) is 2.91. The van der Waals surface area contributed by atoms with Crippen LogP contribution in [-0.4, -0.2) is 29.9 Å². The van der Waals surface area contributed by atoms with Crippen LogP contribution in [0.5, 0.6) is 0 Å². The second-order valence-electron chi connectivity index (χ2n) is 4.95. The van der Waals surface area contributed by atoms with Gasteiger partial charge in [0.25, 0.3) is 0 Å². The van der Waals surface area contributed by atoms with Crippen LogP contribution in [0.25, 0.3) is 0 Å². The molecule has 0 atom stereocenters.